The molecule has 1 aliphatic carbocycles. The molecule has 0 heterocycles. The first-order valence-electron chi connectivity index (χ1n) is 7.90. The van der Waals surface area contributed by atoms with Crippen LogP contribution >= 0.6 is 0 Å². The molecule has 0 fully saturated rings. The summed E-state index contributed by atoms with van der Waals surface area (Å²) in [4.78, 5) is 34.5. The zero-order valence-corrected chi connectivity index (χ0v) is 14.4. The maximum absolute atomic E-state index is 11.8. The van der Waals surface area contributed by atoms with Crippen LogP contribution in [0.2, 0.25) is 0 Å². The number of hydrogen-bond donors (Lipinski definition) is 0. The molecule has 0 aromatic carbocycles. The minimum atomic E-state index is -0.550. The van der Waals surface area contributed by atoms with Gasteiger partial charge < -0.3 is 14.3 Å². The molecule has 1 rings (SSSR count). The lowest BCUT2D eigenvalue weighted by atomic mass is 9.89. The first kappa shape index (κ1) is 19.1. The SMILES string of the molecule is C=C(C(=O)OC)[C@H]1CC[C@@H](C)C(CCC(C)=O)=C[C@@H]1OC(C)=O. The van der Waals surface area contributed by atoms with E-state index in [0.29, 0.717) is 24.8 Å². The van der Waals surface area contributed by atoms with Crippen molar-refractivity contribution in [3.63, 3.8) is 0 Å². The number of Topliss-reactive ketones (excluding diaryl/α,β-unsaturated/α-hetero) is 1. The number of rotatable bonds is 6. The van der Waals surface area contributed by atoms with Crippen LogP contribution in [0.1, 0.15) is 46.5 Å². The third-order valence-electron chi connectivity index (χ3n) is 4.28. The van der Waals surface area contributed by atoms with Crippen LogP contribution in [0.4, 0.5) is 0 Å². The fourth-order valence-electron chi connectivity index (χ4n) is 2.88. The van der Waals surface area contributed by atoms with Crippen LogP contribution in [0.25, 0.3) is 0 Å². The zero-order valence-electron chi connectivity index (χ0n) is 14.4. The van der Waals surface area contributed by atoms with Gasteiger partial charge in [0.2, 0.25) is 0 Å². The van der Waals surface area contributed by atoms with E-state index < -0.39 is 18.0 Å². The summed E-state index contributed by atoms with van der Waals surface area (Å²) in [5.41, 5.74) is 1.40. The van der Waals surface area contributed by atoms with Crippen LogP contribution in [-0.2, 0) is 23.9 Å². The van der Waals surface area contributed by atoms with Gasteiger partial charge in [0.1, 0.15) is 11.9 Å². The van der Waals surface area contributed by atoms with Crippen molar-refractivity contribution >= 4 is 17.7 Å². The van der Waals surface area contributed by atoms with Crippen molar-refractivity contribution in [3.05, 3.63) is 23.8 Å². The topological polar surface area (TPSA) is 69.7 Å². The smallest absolute Gasteiger partial charge is 0.333 e. The Hall–Kier alpha value is -1.91. The van der Waals surface area contributed by atoms with Gasteiger partial charge in [-0.15, -0.1) is 0 Å². The van der Waals surface area contributed by atoms with E-state index in [2.05, 4.69) is 13.5 Å². The second-order valence-electron chi connectivity index (χ2n) is 6.12. The Morgan fingerprint density at radius 1 is 1.26 bits per heavy atom. The van der Waals surface area contributed by atoms with Crippen LogP contribution in [-0.4, -0.2) is 30.9 Å². The van der Waals surface area contributed by atoms with Gasteiger partial charge in [0.15, 0.2) is 0 Å². The van der Waals surface area contributed by atoms with E-state index in [0.717, 1.165) is 12.0 Å². The third-order valence-corrected chi connectivity index (χ3v) is 4.28. The first-order valence-corrected chi connectivity index (χ1v) is 7.90. The van der Waals surface area contributed by atoms with E-state index in [1.807, 2.05) is 6.08 Å². The van der Waals surface area contributed by atoms with E-state index >= 15 is 0 Å². The quantitative estimate of drug-likeness (QED) is 0.427. The van der Waals surface area contributed by atoms with Gasteiger partial charge in [-0.3, -0.25) is 4.79 Å². The molecule has 128 valence electrons. The van der Waals surface area contributed by atoms with Crippen LogP contribution in [0, 0.1) is 11.8 Å². The summed E-state index contributed by atoms with van der Waals surface area (Å²) in [6, 6.07) is 0. The highest BCUT2D eigenvalue weighted by Gasteiger charge is 2.32. The Kier molecular flexibility index (Phi) is 7.20. The van der Waals surface area contributed by atoms with Crippen molar-refractivity contribution in [1.82, 2.24) is 0 Å². The second kappa shape index (κ2) is 8.65. The molecule has 0 N–H and O–H groups in total. The molecule has 3 atom stereocenters. The molecule has 0 bridgehead atoms. The average molecular weight is 322 g/mol. The molecule has 0 aromatic rings. The average Bonchev–Trinajstić information content (AvgIpc) is 2.62. The fraction of sp³-hybridized carbons (Fsp3) is 0.611. The van der Waals surface area contributed by atoms with E-state index in [9.17, 15) is 14.4 Å². The Balaban J connectivity index is 3.08. The summed E-state index contributed by atoms with van der Waals surface area (Å²) >= 11 is 0. The highest BCUT2D eigenvalue weighted by molar-refractivity contribution is 5.88. The summed E-state index contributed by atoms with van der Waals surface area (Å²) in [5.74, 6) is -0.803. The minimum Gasteiger partial charge on any atom is -0.466 e. The molecule has 0 saturated carbocycles. The zero-order chi connectivity index (χ0) is 17.6. The maximum atomic E-state index is 11.8. The Morgan fingerprint density at radius 2 is 1.91 bits per heavy atom. The predicted octanol–water partition coefficient (Wildman–Crippen LogP) is 2.99. The number of methoxy groups -OCH3 is 1. The molecule has 0 amide bonds. The molecule has 0 saturated heterocycles. The number of carbonyl (C=O) groups excluding carboxylic acids is 3. The molecular formula is C18H26O5. The van der Waals surface area contributed by atoms with Gasteiger partial charge in [0.25, 0.3) is 0 Å². The summed E-state index contributed by atoms with van der Waals surface area (Å²) in [7, 11) is 1.31. The largest absolute Gasteiger partial charge is 0.466 e. The molecular weight excluding hydrogens is 296 g/mol. The Labute approximate surface area is 137 Å². The molecule has 0 spiro atoms. The van der Waals surface area contributed by atoms with Crippen LogP contribution in [0.3, 0.4) is 0 Å². The van der Waals surface area contributed by atoms with E-state index in [4.69, 9.17) is 9.47 Å². The number of esters is 2. The van der Waals surface area contributed by atoms with Crippen molar-refractivity contribution in [2.45, 2.75) is 52.6 Å². The molecule has 5 heteroatoms. The lowest BCUT2D eigenvalue weighted by Gasteiger charge is -2.24. The van der Waals surface area contributed by atoms with Crippen molar-refractivity contribution in [2.75, 3.05) is 7.11 Å². The van der Waals surface area contributed by atoms with Crippen molar-refractivity contribution in [1.29, 1.82) is 0 Å². The van der Waals surface area contributed by atoms with Crippen LogP contribution in [0.15, 0.2) is 23.8 Å². The summed E-state index contributed by atoms with van der Waals surface area (Å²) < 4.78 is 10.2. The van der Waals surface area contributed by atoms with Crippen LogP contribution in [0.5, 0.6) is 0 Å². The summed E-state index contributed by atoms with van der Waals surface area (Å²) in [6.07, 6.45) is 3.96. The van der Waals surface area contributed by atoms with Crippen molar-refractivity contribution in [2.24, 2.45) is 11.8 Å². The highest BCUT2D eigenvalue weighted by atomic mass is 16.5. The highest BCUT2D eigenvalue weighted by Crippen LogP contribution is 2.34. The fourth-order valence-corrected chi connectivity index (χ4v) is 2.88. The third kappa shape index (κ3) is 5.66. The summed E-state index contributed by atoms with van der Waals surface area (Å²) in [6.45, 7) is 8.81. The molecule has 0 aliphatic heterocycles. The Morgan fingerprint density at radius 3 is 2.43 bits per heavy atom. The predicted molar refractivity (Wildman–Crippen MR) is 86.6 cm³/mol. The first-order chi connectivity index (χ1) is 10.8. The standard InChI is InChI=1S/C18H26O5/c1-11-6-9-16(13(3)18(21)22-5)17(23-14(4)20)10-15(11)8-7-12(2)19/h10-11,16-17H,3,6-9H2,1-2,4-5H3/t11-,16-,17+/m1/s1. The molecule has 0 aromatic heterocycles. The molecule has 23 heavy (non-hydrogen) atoms. The maximum Gasteiger partial charge on any atom is 0.333 e. The molecule has 5 nitrogen and oxygen atoms in total. The molecule has 0 unspecified atom stereocenters. The van der Waals surface area contributed by atoms with E-state index in [1.165, 1.54) is 14.0 Å². The number of ether oxygens (including phenoxy) is 2. The molecule has 0 radical (unpaired) electrons. The number of hydrogen-bond acceptors (Lipinski definition) is 5. The summed E-state index contributed by atoms with van der Waals surface area (Å²) in [5, 5.41) is 0. The van der Waals surface area contributed by atoms with E-state index in [1.54, 1.807) is 6.92 Å². The van der Waals surface area contributed by atoms with Gasteiger partial charge in [-0.1, -0.05) is 19.1 Å². The van der Waals surface area contributed by atoms with E-state index in [-0.39, 0.29) is 17.6 Å². The number of carbonyl (C=O) groups is 3. The second-order valence-corrected chi connectivity index (χ2v) is 6.12. The van der Waals surface area contributed by atoms with Crippen molar-refractivity contribution in [3.8, 4) is 0 Å². The lowest BCUT2D eigenvalue weighted by molar-refractivity contribution is -0.147. The van der Waals surface area contributed by atoms with Gasteiger partial charge in [-0.25, -0.2) is 4.79 Å². The number of ketones is 1. The minimum absolute atomic E-state index is 0.127. The number of allylic oxidation sites excluding steroid dienone is 1. The lowest BCUT2D eigenvalue weighted by Crippen LogP contribution is -2.28. The normalized spacial score (nSPS) is 24.2. The van der Waals surface area contributed by atoms with Gasteiger partial charge in [0.05, 0.1) is 7.11 Å². The van der Waals surface area contributed by atoms with Crippen LogP contribution < -0.4 is 0 Å². The van der Waals surface area contributed by atoms with Gasteiger partial charge in [-0.2, -0.15) is 0 Å². The molecule has 1 aliphatic rings. The monoisotopic (exact) mass is 322 g/mol. The van der Waals surface area contributed by atoms with Gasteiger partial charge >= 0.3 is 11.9 Å². The van der Waals surface area contributed by atoms with Gasteiger partial charge in [-0.05, 0) is 38.2 Å². The van der Waals surface area contributed by atoms with Crippen molar-refractivity contribution < 1.29 is 23.9 Å². The van der Waals surface area contributed by atoms with Gasteiger partial charge in [0, 0.05) is 24.8 Å². The Bertz CT molecular complexity index is 518.